The summed E-state index contributed by atoms with van der Waals surface area (Å²) in [5.74, 6) is -0.864. The van der Waals surface area contributed by atoms with Gasteiger partial charge in [-0.25, -0.2) is 0 Å². The van der Waals surface area contributed by atoms with E-state index in [1.807, 2.05) is 0 Å². The van der Waals surface area contributed by atoms with E-state index in [2.05, 4.69) is 22.0 Å². The molecule has 0 unspecified atom stereocenters. The van der Waals surface area contributed by atoms with Crippen molar-refractivity contribution in [3.63, 3.8) is 0 Å². The molecule has 1 amide bonds. The first-order chi connectivity index (χ1) is 10.1. The fourth-order valence-corrected chi connectivity index (χ4v) is 1.61. The number of aromatic nitrogens is 4. The van der Waals surface area contributed by atoms with Crippen molar-refractivity contribution in [1.82, 2.24) is 25.1 Å². The minimum atomic E-state index is -1.10. The summed E-state index contributed by atoms with van der Waals surface area (Å²) in [4.78, 5) is 24.9. The molecule has 0 aliphatic heterocycles. The lowest BCUT2D eigenvalue weighted by Gasteiger charge is -2.17. The molecule has 0 saturated carbocycles. The van der Waals surface area contributed by atoms with E-state index < -0.39 is 18.4 Å². The van der Waals surface area contributed by atoms with Gasteiger partial charge in [-0.2, -0.15) is 4.80 Å². The van der Waals surface area contributed by atoms with Crippen LogP contribution in [0, 0.1) is 0 Å². The molecular formula is C12H13N5O4. The lowest BCUT2D eigenvalue weighted by molar-refractivity contribution is -0.144. The van der Waals surface area contributed by atoms with Crippen LogP contribution in [0.25, 0.3) is 11.6 Å². The number of rotatable bonds is 7. The summed E-state index contributed by atoms with van der Waals surface area (Å²) < 4.78 is 5.11. The van der Waals surface area contributed by atoms with Crippen molar-refractivity contribution in [2.45, 2.75) is 6.54 Å². The highest BCUT2D eigenvalue weighted by Gasteiger charge is 2.18. The summed E-state index contributed by atoms with van der Waals surface area (Å²) in [5, 5.41) is 20.2. The average Bonchev–Trinajstić information content (AvgIpc) is 3.07. The number of carboxylic acid groups (broad SMARTS) is 1. The predicted octanol–water partition coefficient (Wildman–Crippen LogP) is 0.0323. The molecule has 0 saturated heterocycles. The van der Waals surface area contributed by atoms with Crippen LogP contribution < -0.4 is 0 Å². The van der Waals surface area contributed by atoms with Crippen LogP contribution in [-0.2, 0) is 16.1 Å². The quantitative estimate of drug-likeness (QED) is 0.716. The Morgan fingerprint density at radius 1 is 1.52 bits per heavy atom. The van der Waals surface area contributed by atoms with E-state index in [9.17, 15) is 9.59 Å². The fourth-order valence-electron chi connectivity index (χ4n) is 1.61. The van der Waals surface area contributed by atoms with Crippen molar-refractivity contribution in [3.8, 4) is 11.6 Å². The van der Waals surface area contributed by atoms with E-state index in [0.717, 1.165) is 9.70 Å². The summed E-state index contributed by atoms with van der Waals surface area (Å²) >= 11 is 0. The van der Waals surface area contributed by atoms with Crippen LogP contribution in [0.15, 0.2) is 35.5 Å². The SMILES string of the molecule is C=CCN(CC(=O)O)C(=O)Cn1nnc(-c2ccco2)n1. The van der Waals surface area contributed by atoms with Gasteiger partial charge in [0.1, 0.15) is 13.1 Å². The van der Waals surface area contributed by atoms with E-state index in [1.165, 1.54) is 12.3 Å². The van der Waals surface area contributed by atoms with Gasteiger partial charge in [-0.15, -0.1) is 16.8 Å². The first kappa shape index (κ1) is 14.4. The van der Waals surface area contributed by atoms with Gasteiger partial charge in [-0.05, 0) is 17.3 Å². The first-order valence-corrected chi connectivity index (χ1v) is 6.02. The van der Waals surface area contributed by atoms with E-state index >= 15 is 0 Å². The average molecular weight is 291 g/mol. The zero-order valence-corrected chi connectivity index (χ0v) is 11.0. The Morgan fingerprint density at radius 2 is 2.33 bits per heavy atom. The highest BCUT2D eigenvalue weighted by molar-refractivity contribution is 5.81. The van der Waals surface area contributed by atoms with Crippen LogP contribution in [0.2, 0.25) is 0 Å². The molecule has 0 aromatic carbocycles. The zero-order valence-electron chi connectivity index (χ0n) is 11.0. The lowest BCUT2D eigenvalue weighted by Crippen LogP contribution is -2.38. The van der Waals surface area contributed by atoms with Gasteiger partial charge in [0, 0.05) is 6.54 Å². The smallest absolute Gasteiger partial charge is 0.323 e. The van der Waals surface area contributed by atoms with Gasteiger partial charge in [0.2, 0.25) is 11.7 Å². The van der Waals surface area contributed by atoms with Crippen LogP contribution in [0.1, 0.15) is 0 Å². The summed E-state index contributed by atoms with van der Waals surface area (Å²) in [6.07, 6.45) is 2.92. The Kier molecular flexibility index (Phi) is 4.44. The molecular weight excluding hydrogens is 278 g/mol. The number of furan rings is 1. The third kappa shape index (κ3) is 3.75. The Labute approximate surface area is 119 Å². The second-order valence-electron chi connectivity index (χ2n) is 4.08. The van der Waals surface area contributed by atoms with Crippen molar-refractivity contribution < 1.29 is 19.1 Å². The highest BCUT2D eigenvalue weighted by atomic mass is 16.4. The highest BCUT2D eigenvalue weighted by Crippen LogP contribution is 2.12. The molecule has 9 nitrogen and oxygen atoms in total. The molecule has 2 heterocycles. The molecule has 0 spiro atoms. The molecule has 0 aliphatic rings. The van der Waals surface area contributed by atoms with Gasteiger partial charge >= 0.3 is 5.97 Å². The number of hydrogen-bond acceptors (Lipinski definition) is 6. The van der Waals surface area contributed by atoms with Crippen molar-refractivity contribution in [2.75, 3.05) is 13.1 Å². The van der Waals surface area contributed by atoms with Gasteiger partial charge in [0.25, 0.3) is 0 Å². The number of carboxylic acids is 1. The van der Waals surface area contributed by atoms with Crippen LogP contribution >= 0.6 is 0 Å². The molecule has 0 radical (unpaired) electrons. The van der Waals surface area contributed by atoms with Gasteiger partial charge < -0.3 is 14.4 Å². The van der Waals surface area contributed by atoms with Crippen LogP contribution in [0.4, 0.5) is 0 Å². The molecule has 2 aromatic rings. The van der Waals surface area contributed by atoms with Gasteiger partial charge in [-0.3, -0.25) is 9.59 Å². The Hall–Kier alpha value is -2.97. The molecule has 9 heteroatoms. The summed E-state index contributed by atoms with van der Waals surface area (Å²) in [6.45, 7) is 2.99. The van der Waals surface area contributed by atoms with E-state index in [1.54, 1.807) is 12.1 Å². The maximum atomic E-state index is 12.0. The molecule has 0 aliphatic carbocycles. The standard InChI is InChI=1S/C12H13N5O4/c1-2-5-16(8-11(19)20)10(18)7-17-14-12(13-15-17)9-4-3-6-21-9/h2-4,6H,1,5,7-8H2,(H,19,20). The van der Waals surface area contributed by atoms with Crippen molar-refractivity contribution in [3.05, 3.63) is 31.1 Å². The third-order valence-electron chi connectivity index (χ3n) is 2.50. The Morgan fingerprint density at radius 3 is 2.95 bits per heavy atom. The second-order valence-corrected chi connectivity index (χ2v) is 4.08. The number of amides is 1. The van der Waals surface area contributed by atoms with E-state index in [-0.39, 0.29) is 18.9 Å². The maximum absolute atomic E-state index is 12.0. The molecule has 0 fully saturated rings. The molecule has 2 aromatic heterocycles. The molecule has 0 bridgehead atoms. The number of carbonyl (C=O) groups is 2. The fraction of sp³-hybridized carbons (Fsp3) is 0.250. The van der Waals surface area contributed by atoms with Crippen molar-refractivity contribution in [2.24, 2.45) is 0 Å². The number of carbonyl (C=O) groups excluding carboxylic acids is 1. The van der Waals surface area contributed by atoms with E-state index in [0.29, 0.717) is 5.76 Å². The topological polar surface area (TPSA) is 114 Å². The Bertz CT molecular complexity index is 634. The van der Waals surface area contributed by atoms with Crippen molar-refractivity contribution in [1.29, 1.82) is 0 Å². The van der Waals surface area contributed by atoms with Crippen molar-refractivity contribution >= 4 is 11.9 Å². The predicted molar refractivity (Wildman–Crippen MR) is 69.9 cm³/mol. The van der Waals surface area contributed by atoms with Gasteiger partial charge in [0.15, 0.2) is 5.76 Å². The third-order valence-corrected chi connectivity index (χ3v) is 2.50. The van der Waals surface area contributed by atoms with Crippen LogP contribution in [0.5, 0.6) is 0 Å². The number of hydrogen-bond donors (Lipinski definition) is 1. The second kappa shape index (κ2) is 6.46. The lowest BCUT2D eigenvalue weighted by atomic mass is 10.4. The summed E-state index contributed by atoms with van der Waals surface area (Å²) in [5.41, 5.74) is 0. The summed E-state index contributed by atoms with van der Waals surface area (Å²) in [7, 11) is 0. The minimum absolute atomic E-state index is 0.130. The number of aliphatic carboxylic acids is 1. The van der Waals surface area contributed by atoms with Crippen LogP contribution in [0.3, 0.4) is 0 Å². The van der Waals surface area contributed by atoms with Crippen LogP contribution in [-0.4, -0.2) is 55.2 Å². The zero-order chi connectivity index (χ0) is 15.2. The Balaban J connectivity index is 2.04. The molecule has 0 atom stereocenters. The molecule has 21 heavy (non-hydrogen) atoms. The molecule has 1 N–H and O–H groups in total. The van der Waals surface area contributed by atoms with Gasteiger partial charge in [-0.1, -0.05) is 6.08 Å². The summed E-state index contributed by atoms with van der Waals surface area (Å²) in [6, 6.07) is 3.34. The largest absolute Gasteiger partial charge is 0.480 e. The molecule has 110 valence electrons. The van der Waals surface area contributed by atoms with Gasteiger partial charge in [0.05, 0.1) is 6.26 Å². The normalized spacial score (nSPS) is 10.3. The molecule has 2 rings (SSSR count). The van der Waals surface area contributed by atoms with E-state index in [4.69, 9.17) is 9.52 Å². The number of tetrazole rings is 1. The number of nitrogens with zero attached hydrogens (tertiary/aromatic N) is 5. The minimum Gasteiger partial charge on any atom is -0.480 e. The monoisotopic (exact) mass is 291 g/mol. The first-order valence-electron chi connectivity index (χ1n) is 6.02. The maximum Gasteiger partial charge on any atom is 0.323 e.